The van der Waals surface area contributed by atoms with Crippen molar-refractivity contribution in [2.75, 3.05) is 31.1 Å². The van der Waals surface area contributed by atoms with E-state index in [-0.39, 0.29) is 30.9 Å². The van der Waals surface area contributed by atoms with Gasteiger partial charge in [0.25, 0.3) is 0 Å². The van der Waals surface area contributed by atoms with Crippen LogP contribution in [-0.4, -0.2) is 58.4 Å². The van der Waals surface area contributed by atoms with E-state index < -0.39 is 0 Å². The third-order valence-corrected chi connectivity index (χ3v) is 6.83. The predicted molar refractivity (Wildman–Crippen MR) is 114 cm³/mol. The fraction of sp³-hybridized carbons (Fsp3) is 0.833. The zero-order valence-electron chi connectivity index (χ0n) is 15.9. The second kappa shape index (κ2) is 10.2. The maximum absolute atomic E-state index is 13.0. The van der Waals surface area contributed by atoms with Crippen LogP contribution in [0.1, 0.15) is 51.3 Å². The highest BCUT2D eigenvalue weighted by Gasteiger charge is 2.39. The fourth-order valence-corrected chi connectivity index (χ4v) is 5.38. The van der Waals surface area contributed by atoms with E-state index in [1.54, 1.807) is 0 Å². The van der Waals surface area contributed by atoms with Crippen molar-refractivity contribution in [3.05, 3.63) is 5.82 Å². The summed E-state index contributed by atoms with van der Waals surface area (Å²) in [6.07, 6.45) is 8.13. The third kappa shape index (κ3) is 5.05. The quantitative estimate of drug-likeness (QED) is 0.790. The molecule has 3 heterocycles. The molecule has 3 fully saturated rings. The molecule has 2 aliphatic heterocycles. The number of halogens is 2. The van der Waals surface area contributed by atoms with Gasteiger partial charge < -0.3 is 15.1 Å². The molecule has 1 aromatic rings. The number of hydrogen-bond acceptors (Lipinski definition) is 6. The Morgan fingerprint density at radius 3 is 2.70 bits per heavy atom. The molecule has 6 nitrogen and oxygen atoms in total. The van der Waals surface area contributed by atoms with Gasteiger partial charge in [-0.25, -0.2) is 4.98 Å². The van der Waals surface area contributed by atoms with Crippen LogP contribution in [0.25, 0.3) is 0 Å². The largest absolute Gasteiger partial charge is 0.345 e. The van der Waals surface area contributed by atoms with Crippen LogP contribution >= 0.6 is 36.3 Å². The Bertz CT molecular complexity index is 602. The first-order chi connectivity index (χ1) is 12.2. The van der Waals surface area contributed by atoms with Crippen molar-refractivity contribution in [2.24, 2.45) is 5.92 Å². The van der Waals surface area contributed by atoms with E-state index in [0.717, 1.165) is 62.3 Å². The van der Waals surface area contributed by atoms with E-state index in [1.807, 2.05) is 0 Å². The van der Waals surface area contributed by atoms with Crippen LogP contribution < -0.4 is 10.2 Å². The molecule has 1 aliphatic carbocycles. The van der Waals surface area contributed by atoms with Crippen molar-refractivity contribution in [3.63, 3.8) is 0 Å². The van der Waals surface area contributed by atoms with Crippen molar-refractivity contribution in [2.45, 2.75) is 64.0 Å². The highest BCUT2D eigenvalue weighted by Crippen LogP contribution is 2.33. The van der Waals surface area contributed by atoms with Crippen LogP contribution in [0.15, 0.2) is 0 Å². The molecule has 1 amide bonds. The zero-order chi connectivity index (χ0) is 17.2. The molecule has 1 N–H and O–H groups in total. The van der Waals surface area contributed by atoms with E-state index in [4.69, 9.17) is 0 Å². The van der Waals surface area contributed by atoms with E-state index in [9.17, 15) is 4.79 Å². The molecule has 0 radical (unpaired) electrons. The SMILES string of the molecule is CCc1nsc(N2CCCN(C(=O)C3CC4CCCCC4N3)CC2)n1.Cl.Cl. The van der Waals surface area contributed by atoms with Crippen LogP contribution in [-0.2, 0) is 11.2 Å². The molecule has 2 saturated heterocycles. The van der Waals surface area contributed by atoms with Gasteiger partial charge in [-0.15, -0.1) is 24.8 Å². The lowest BCUT2D eigenvalue weighted by Gasteiger charge is -2.25. The lowest BCUT2D eigenvalue weighted by Crippen LogP contribution is -2.46. The van der Waals surface area contributed by atoms with E-state index in [2.05, 4.69) is 31.4 Å². The van der Waals surface area contributed by atoms with Gasteiger partial charge in [-0.2, -0.15) is 4.37 Å². The number of carbonyl (C=O) groups is 1. The first-order valence-electron chi connectivity index (χ1n) is 9.87. The molecular weight excluding hydrogens is 405 g/mol. The maximum atomic E-state index is 13.0. The van der Waals surface area contributed by atoms with Gasteiger partial charge in [-0.3, -0.25) is 4.79 Å². The molecule has 3 unspecified atom stereocenters. The first-order valence-corrected chi connectivity index (χ1v) is 10.6. The molecular formula is C18H31Cl2N5OS. The van der Waals surface area contributed by atoms with Gasteiger partial charge in [0.15, 0.2) is 0 Å². The third-order valence-electron chi connectivity index (χ3n) is 6.01. The summed E-state index contributed by atoms with van der Waals surface area (Å²) in [5, 5.41) is 4.65. The summed E-state index contributed by atoms with van der Waals surface area (Å²) < 4.78 is 4.40. The molecule has 4 rings (SSSR count). The molecule has 3 atom stereocenters. The zero-order valence-corrected chi connectivity index (χ0v) is 18.4. The Labute approximate surface area is 178 Å². The van der Waals surface area contributed by atoms with Crippen LogP contribution in [0.4, 0.5) is 5.13 Å². The molecule has 0 aromatic carbocycles. The Balaban J connectivity index is 0.00000131. The van der Waals surface area contributed by atoms with E-state index in [0.29, 0.717) is 11.9 Å². The fourth-order valence-electron chi connectivity index (χ4n) is 4.58. The number of nitrogens with one attached hydrogen (secondary N) is 1. The van der Waals surface area contributed by atoms with E-state index >= 15 is 0 Å². The van der Waals surface area contributed by atoms with Crippen LogP contribution in [0.2, 0.25) is 0 Å². The number of aromatic nitrogens is 2. The Kier molecular flexibility index (Phi) is 8.59. The molecule has 0 spiro atoms. The number of hydrogen-bond donors (Lipinski definition) is 1. The monoisotopic (exact) mass is 435 g/mol. The summed E-state index contributed by atoms with van der Waals surface area (Å²) in [7, 11) is 0. The minimum absolute atomic E-state index is 0. The van der Waals surface area contributed by atoms with Crippen molar-refractivity contribution >= 4 is 47.4 Å². The molecule has 9 heteroatoms. The summed E-state index contributed by atoms with van der Waals surface area (Å²) in [6, 6.07) is 0.632. The van der Waals surface area contributed by atoms with Crippen LogP contribution in [0, 0.1) is 5.92 Å². The minimum Gasteiger partial charge on any atom is -0.345 e. The highest BCUT2D eigenvalue weighted by molar-refractivity contribution is 7.09. The highest BCUT2D eigenvalue weighted by atomic mass is 35.5. The van der Waals surface area contributed by atoms with E-state index in [1.165, 1.54) is 37.2 Å². The van der Waals surface area contributed by atoms with Gasteiger partial charge in [0.1, 0.15) is 5.82 Å². The van der Waals surface area contributed by atoms with Crippen molar-refractivity contribution in [3.8, 4) is 0 Å². The van der Waals surface area contributed by atoms with Crippen LogP contribution in [0.3, 0.4) is 0 Å². The van der Waals surface area contributed by atoms with Gasteiger partial charge >= 0.3 is 0 Å². The average Bonchev–Trinajstić information content (AvgIpc) is 3.22. The molecule has 154 valence electrons. The smallest absolute Gasteiger partial charge is 0.239 e. The number of anilines is 1. The van der Waals surface area contributed by atoms with Crippen molar-refractivity contribution in [1.82, 2.24) is 19.6 Å². The average molecular weight is 436 g/mol. The van der Waals surface area contributed by atoms with Crippen LogP contribution in [0.5, 0.6) is 0 Å². The molecule has 27 heavy (non-hydrogen) atoms. The summed E-state index contributed by atoms with van der Waals surface area (Å²) >= 11 is 1.49. The standard InChI is InChI=1S/C18H29N5OS.2ClH/c1-2-16-20-18(25-21-16)23-9-5-8-22(10-11-23)17(24)15-12-13-6-3-4-7-14(13)19-15;;/h13-15,19H,2-12H2,1H3;2*1H. The predicted octanol–water partition coefficient (Wildman–Crippen LogP) is 2.90. The molecule has 1 saturated carbocycles. The van der Waals surface area contributed by atoms with Gasteiger partial charge in [-0.05, 0) is 31.6 Å². The normalized spacial score (nSPS) is 28.0. The molecule has 3 aliphatic rings. The van der Waals surface area contributed by atoms with Gasteiger partial charge in [0.2, 0.25) is 11.0 Å². The summed E-state index contributed by atoms with van der Waals surface area (Å²) in [5.74, 6) is 1.97. The summed E-state index contributed by atoms with van der Waals surface area (Å²) in [5.41, 5.74) is 0. The Morgan fingerprint density at radius 2 is 1.96 bits per heavy atom. The number of amides is 1. The second-order valence-electron chi connectivity index (χ2n) is 7.62. The first kappa shape index (κ1) is 22.7. The maximum Gasteiger partial charge on any atom is 0.239 e. The number of carbonyl (C=O) groups excluding carboxylic acids is 1. The second-order valence-corrected chi connectivity index (χ2v) is 8.35. The molecule has 0 bridgehead atoms. The number of aryl methyl sites for hydroxylation is 1. The van der Waals surface area contributed by atoms with Gasteiger partial charge in [0.05, 0.1) is 6.04 Å². The lowest BCUT2D eigenvalue weighted by atomic mass is 9.85. The Hall–Kier alpha value is -0.630. The lowest BCUT2D eigenvalue weighted by molar-refractivity contribution is -0.133. The number of nitrogens with zero attached hydrogens (tertiary/aromatic N) is 4. The minimum atomic E-state index is 0. The van der Waals surface area contributed by atoms with Crippen molar-refractivity contribution in [1.29, 1.82) is 0 Å². The van der Waals surface area contributed by atoms with Crippen molar-refractivity contribution < 1.29 is 4.79 Å². The number of rotatable bonds is 3. The summed E-state index contributed by atoms with van der Waals surface area (Å²) in [4.78, 5) is 22.0. The number of fused-ring (bicyclic) bond motifs is 1. The summed E-state index contributed by atoms with van der Waals surface area (Å²) in [6.45, 7) is 5.58. The Morgan fingerprint density at radius 1 is 1.15 bits per heavy atom. The topological polar surface area (TPSA) is 61.4 Å². The van der Waals surface area contributed by atoms with Gasteiger partial charge in [0, 0.05) is 50.2 Å². The molecule has 1 aromatic heterocycles. The van der Waals surface area contributed by atoms with Gasteiger partial charge in [-0.1, -0.05) is 19.8 Å².